The summed E-state index contributed by atoms with van der Waals surface area (Å²) in [5, 5.41) is 1.21. The van der Waals surface area contributed by atoms with Gasteiger partial charge in [-0.25, -0.2) is 4.57 Å². The summed E-state index contributed by atoms with van der Waals surface area (Å²) in [5.74, 6) is 1.32. The maximum atomic E-state index is 11.4. The Kier molecular flexibility index (Phi) is 9.63. The van der Waals surface area contributed by atoms with Crippen molar-refractivity contribution in [1.29, 1.82) is 0 Å². The molecule has 5 N–H and O–H groups in total. The van der Waals surface area contributed by atoms with Crippen LogP contribution in [0.5, 0.6) is 0 Å². The molecule has 0 aliphatic heterocycles. The second-order valence-corrected chi connectivity index (χ2v) is 11.6. The van der Waals surface area contributed by atoms with Crippen LogP contribution in [0.3, 0.4) is 0 Å². The minimum absolute atomic E-state index is 0.463. The van der Waals surface area contributed by atoms with Crippen molar-refractivity contribution in [3.05, 3.63) is 24.5 Å². The Bertz CT molecular complexity index is 651. The van der Waals surface area contributed by atoms with E-state index in [4.69, 9.17) is 0 Å². The molecule has 0 aromatic carbocycles. The minimum atomic E-state index is -4.93. The summed E-state index contributed by atoms with van der Waals surface area (Å²) < 4.78 is 24.2. The van der Waals surface area contributed by atoms with Crippen LogP contribution >= 0.6 is 15.2 Å². The van der Waals surface area contributed by atoms with Crippen LogP contribution in [0, 0.1) is 11.8 Å². The van der Waals surface area contributed by atoms with Crippen molar-refractivity contribution in [2.24, 2.45) is 11.8 Å². The molecule has 0 radical (unpaired) electrons. The van der Waals surface area contributed by atoms with E-state index < -0.39 is 27.1 Å². The lowest BCUT2D eigenvalue weighted by atomic mass is 9.97. The first-order valence-electron chi connectivity index (χ1n) is 9.23. The lowest BCUT2D eigenvalue weighted by Gasteiger charge is -2.17. The Morgan fingerprint density at radius 3 is 2.22 bits per heavy atom. The van der Waals surface area contributed by atoms with Gasteiger partial charge in [0.2, 0.25) is 5.40 Å². The van der Waals surface area contributed by atoms with Crippen molar-refractivity contribution in [2.75, 3.05) is 11.9 Å². The maximum absolute atomic E-state index is 11.4. The molecule has 1 aromatic heterocycles. The third kappa shape index (κ3) is 9.84. The summed E-state index contributed by atoms with van der Waals surface area (Å²) in [7, 11) is -9.87. The van der Waals surface area contributed by atoms with E-state index in [1.165, 1.54) is 30.0 Å². The molecule has 0 aliphatic rings. The lowest BCUT2D eigenvalue weighted by Crippen LogP contribution is -2.39. The van der Waals surface area contributed by atoms with Gasteiger partial charge in [-0.2, -0.15) is 0 Å². The van der Waals surface area contributed by atoms with Gasteiger partial charge in [-0.3, -0.25) is 9.13 Å². The third-order valence-corrected chi connectivity index (χ3v) is 8.14. The fraction of sp³-hybridized carbons (Fsp3) is 0.706. The highest BCUT2D eigenvalue weighted by Crippen LogP contribution is 2.59. The Balaban J connectivity index is 2.59. The van der Waals surface area contributed by atoms with Crippen molar-refractivity contribution in [1.82, 2.24) is 0 Å². The van der Waals surface area contributed by atoms with Crippen LogP contribution in [0.2, 0.25) is 0 Å². The Hall–Kier alpha value is -0.750. The van der Waals surface area contributed by atoms with Crippen LogP contribution in [-0.2, 0) is 15.7 Å². The molecular formula is C17H33N2O6P2+. The van der Waals surface area contributed by atoms with E-state index in [0.29, 0.717) is 5.92 Å². The van der Waals surface area contributed by atoms with E-state index in [1.807, 2.05) is 6.07 Å². The molecule has 0 bridgehead atoms. The van der Waals surface area contributed by atoms with Gasteiger partial charge in [0, 0.05) is 12.6 Å². The summed E-state index contributed by atoms with van der Waals surface area (Å²) >= 11 is 0. The molecule has 0 aliphatic carbocycles. The molecule has 0 fully saturated rings. The first-order valence-corrected chi connectivity index (χ1v) is 12.6. The first kappa shape index (κ1) is 24.3. The number of nitrogens with zero attached hydrogens (tertiary/aromatic N) is 1. The van der Waals surface area contributed by atoms with Gasteiger partial charge in [0.1, 0.15) is 0 Å². The maximum Gasteiger partial charge on any atom is 0.347 e. The van der Waals surface area contributed by atoms with Gasteiger partial charge >= 0.3 is 15.2 Å². The summed E-state index contributed by atoms with van der Waals surface area (Å²) in [6.07, 6.45) is 7.76. The van der Waals surface area contributed by atoms with E-state index in [-0.39, 0.29) is 0 Å². The second kappa shape index (κ2) is 10.7. The van der Waals surface area contributed by atoms with Gasteiger partial charge in [0.15, 0.2) is 18.9 Å². The van der Waals surface area contributed by atoms with Crippen LogP contribution in [0.15, 0.2) is 24.5 Å². The zero-order valence-electron chi connectivity index (χ0n) is 16.2. The molecule has 1 atom stereocenters. The Morgan fingerprint density at radius 2 is 1.67 bits per heavy atom. The van der Waals surface area contributed by atoms with E-state index in [1.54, 1.807) is 12.3 Å². The molecule has 10 heteroatoms. The molecule has 0 spiro atoms. The Morgan fingerprint density at radius 1 is 1.04 bits per heavy atom. The molecule has 27 heavy (non-hydrogen) atoms. The largest absolute Gasteiger partial charge is 0.380 e. The normalized spacial score (nSPS) is 14.0. The summed E-state index contributed by atoms with van der Waals surface area (Å²) in [5.41, 5.74) is 0.738. The molecule has 156 valence electrons. The van der Waals surface area contributed by atoms with Crippen LogP contribution in [0.1, 0.15) is 46.5 Å². The highest BCUT2D eigenvalue weighted by Gasteiger charge is 2.46. The predicted octanol–water partition coefficient (Wildman–Crippen LogP) is 2.92. The van der Waals surface area contributed by atoms with Crippen molar-refractivity contribution >= 4 is 20.9 Å². The van der Waals surface area contributed by atoms with E-state index in [0.717, 1.165) is 24.6 Å². The second-order valence-electron chi connectivity index (χ2n) is 7.59. The number of nitrogens with one attached hydrogen (secondary N) is 1. The molecule has 0 saturated carbocycles. The van der Waals surface area contributed by atoms with Gasteiger partial charge in [0.05, 0.1) is 5.69 Å². The highest BCUT2D eigenvalue weighted by atomic mass is 31.2. The highest BCUT2D eigenvalue weighted by molar-refractivity contribution is 7.70. The quantitative estimate of drug-likeness (QED) is 0.258. The van der Waals surface area contributed by atoms with Gasteiger partial charge in [0.25, 0.3) is 0 Å². The number of rotatable bonds is 12. The number of pyridine rings is 1. The standard InChI is InChI=1S/C17H32N2O6P2/c1-14(2)6-4-7-15(3)9-10-18-16-8-5-11-19(12-16)13-17(26(20,21)22)27(23,24)25/h5,8,11-12,14-15,17-18H,4,6-7,9-10,13H2,1-3H3,(H3-,20,21,22,23,24,25)/p+1. The van der Waals surface area contributed by atoms with E-state index >= 15 is 0 Å². The number of hydrogen-bond acceptors (Lipinski definition) is 3. The van der Waals surface area contributed by atoms with Gasteiger partial charge in [-0.1, -0.05) is 40.0 Å². The SMILES string of the molecule is CC(C)CCCC(C)CCNc1ccc[n+](CC(P(=O)(O)O)P(=O)(O)O)c1. The molecule has 8 nitrogen and oxygen atoms in total. The third-order valence-electron chi connectivity index (χ3n) is 4.45. The van der Waals surface area contributed by atoms with Crippen molar-refractivity contribution < 1.29 is 33.3 Å². The van der Waals surface area contributed by atoms with Crippen molar-refractivity contribution in [3.63, 3.8) is 0 Å². The van der Waals surface area contributed by atoms with Crippen LogP contribution in [0.4, 0.5) is 5.69 Å². The molecular weight excluding hydrogens is 390 g/mol. The summed E-state index contributed by atoms with van der Waals surface area (Å²) in [6, 6.07) is 3.48. The van der Waals surface area contributed by atoms with Crippen molar-refractivity contribution in [3.8, 4) is 0 Å². The van der Waals surface area contributed by atoms with Crippen LogP contribution in [0.25, 0.3) is 0 Å². The smallest absolute Gasteiger partial charge is 0.347 e. The summed E-state index contributed by atoms with van der Waals surface area (Å²) in [6.45, 7) is 6.96. The predicted molar refractivity (Wildman–Crippen MR) is 105 cm³/mol. The zero-order valence-corrected chi connectivity index (χ0v) is 18.0. The monoisotopic (exact) mass is 423 g/mol. The number of hydrogen-bond donors (Lipinski definition) is 5. The topological polar surface area (TPSA) is 131 Å². The fourth-order valence-corrected chi connectivity index (χ4v) is 5.19. The van der Waals surface area contributed by atoms with Crippen molar-refractivity contribution in [2.45, 2.75) is 58.4 Å². The molecule has 1 unspecified atom stereocenters. The molecule has 1 heterocycles. The van der Waals surface area contributed by atoms with Gasteiger partial charge < -0.3 is 24.9 Å². The molecule has 0 saturated heterocycles. The van der Waals surface area contributed by atoms with Gasteiger partial charge in [-0.15, -0.1) is 0 Å². The lowest BCUT2D eigenvalue weighted by molar-refractivity contribution is -0.694. The van der Waals surface area contributed by atoms with E-state index in [2.05, 4.69) is 26.1 Å². The van der Waals surface area contributed by atoms with E-state index in [9.17, 15) is 28.7 Å². The fourth-order valence-electron chi connectivity index (χ4n) is 2.82. The molecule has 1 aromatic rings. The summed E-state index contributed by atoms with van der Waals surface area (Å²) in [4.78, 5) is 37.0. The molecule has 1 rings (SSSR count). The average Bonchev–Trinajstić information content (AvgIpc) is 2.50. The number of anilines is 1. The van der Waals surface area contributed by atoms with Crippen LogP contribution in [-0.4, -0.2) is 31.5 Å². The minimum Gasteiger partial charge on any atom is -0.380 e. The Labute approximate surface area is 161 Å². The zero-order chi connectivity index (χ0) is 20.7. The van der Waals surface area contributed by atoms with Crippen LogP contribution < -0.4 is 9.88 Å². The molecule has 0 amide bonds. The van der Waals surface area contributed by atoms with Gasteiger partial charge in [-0.05, 0) is 24.3 Å². The first-order chi connectivity index (χ1) is 12.4. The average molecular weight is 423 g/mol. The number of aromatic nitrogens is 1.